The van der Waals surface area contributed by atoms with Gasteiger partial charge in [0.1, 0.15) is 5.82 Å². The van der Waals surface area contributed by atoms with Crippen LogP contribution in [0.3, 0.4) is 0 Å². The number of aromatic nitrogens is 1. The maximum absolute atomic E-state index is 12.9. The summed E-state index contributed by atoms with van der Waals surface area (Å²) in [6.07, 6.45) is 4.12. The molecule has 0 bridgehead atoms. The second-order valence-electron chi connectivity index (χ2n) is 6.28. The van der Waals surface area contributed by atoms with Gasteiger partial charge in [-0.1, -0.05) is 0 Å². The van der Waals surface area contributed by atoms with Crippen molar-refractivity contribution in [3.8, 4) is 0 Å². The third kappa shape index (κ3) is 4.14. The number of amides is 1. The van der Waals surface area contributed by atoms with Crippen LogP contribution in [-0.2, 0) is 11.3 Å². The molecule has 132 valence electrons. The van der Waals surface area contributed by atoms with Gasteiger partial charge >= 0.3 is 0 Å². The molecule has 25 heavy (non-hydrogen) atoms. The third-order valence-corrected chi connectivity index (χ3v) is 4.50. The average molecular weight is 343 g/mol. The number of nitrogens with zero attached hydrogens (tertiary/aromatic N) is 2. The van der Waals surface area contributed by atoms with E-state index in [1.54, 1.807) is 6.21 Å². The fraction of sp³-hybridized carbons (Fsp3) is 0.368. The van der Waals surface area contributed by atoms with Gasteiger partial charge in [0.15, 0.2) is 0 Å². The van der Waals surface area contributed by atoms with Gasteiger partial charge in [0.2, 0.25) is 0 Å². The Kier molecular flexibility index (Phi) is 5.28. The highest BCUT2D eigenvalue weighted by Crippen LogP contribution is 2.19. The fourth-order valence-corrected chi connectivity index (χ4v) is 3.06. The van der Waals surface area contributed by atoms with Gasteiger partial charge in [0.05, 0.1) is 12.3 Å². The summed E-state index contributed by atoms with van der Waals surface area (Å²) in [6, 6.07) is 7.38. The molecule has 2 heterocycles. The van der Waals surface area contributed by atoms with E-state index in [0.29, 0.717) is 5.56 Å². The number of hydrogen-bond donors (Lipinski definition) is 1. The molecule has 1 fully saturated rings. The van der Waals surface area contributed by atoms with Gasteiger partial charge in [-0.2, -0.15) is 5.10 Å². The summed E-state index contributed by atoms with van der Waals surface area (Å²) in [4.78, 5) is 12.0. The van der Waals surface area contributed by atoms with Crippen molar-refractivity contribution in [3.05, 3.63) is 58.7 Å². The number of hydrogen-bond acceptors (Lipinski definition) is 3. The predicted octanol–water partition coefficient (Wildman–Crippen LogP) is 3.19. The minimum Gasteiger partial charge on any atom is -0.376 e. The summed E-state index contributed by atoms with van der Waals surface area (Å²) < 4.78 is 20.8. The molecule has 1 atom stereocenters. The van der Waals surface area contributed by atoms with E-state index in [1.165, 1.54) is 24.3 Å². The second kappa shape index (κ2) is 7.61. The molecule has 5 nitrogen and oxygen atoms in total. The zero-order valence-corrected chi connectivity index (χ0v) is 14.5. The van der Waals surface area contributed by atoms with E-state index >= 15 is 0 Å². The lowest BCUT2D eigenvalue weighted by atomic mass is 10.2. The minimum atomic E-state index is -0.376. The lowest BCUT2D eigenvalue weighted by molar-refractivity contribution is 0.0954. The smallest absolute Gasteiger partial charge is 0.271 e. The maximum Gasteiger partial charge on any atom is 0.271 e. The van der Waals surface area contributed by atoms with Crippen LogP contribution >= 0.6 is 0 Å². The van der Waals surface area contributed by atoms with Crippen LogP contribution in [0.25, 0.3) is 0 Å². The highest BCUT2D eigenvalue weighted by Gasteiger charge is 2.18. The average Bonchev–Trinajstić information content (AvgIpc) is 3.20. The quantitative estimate of drug-likeness (QED) is 0.670. The Labute approximate surface area is 146 Å². The van der Waals surface area contributed by atoms with Crippen molar-refractivity contribution in [2.75, 3.05) is 6.61 Å². The van der Waals surface area contributed by atoms with E-state index in [2.05, 4.69) is 22.0 Å². The Morgan fingerprint density at radius 2 is 2.16 bits per heavy atom. The number of ether oxygens (including phenoxy) is 1. The van der Waals surface area contributed by atoms with Gasteiger partial charge in [-0.25, -0.2) is 9.82 Å². The maximum atomic E-state index is 12.9. The number of halogens is 1. The van der Waals surface area contributed by atoms with Gasteiger partial charge in [0, 0.05) is 35.7 Å². The number of carbonyl (C=O) groups is 1. The molecule has 0 saturated carbocycles. The zero-order chi connectivity index (χ0) is 17.8. The molecule has 1 aromatic heterocycles. The first-order valence-electron chi connectivity index (χ1n) is 8.42. The minimum absolute atomic E-state index is 0.271. The molecule has 0 spiro atoms. The van der Waals surface area contributed by atoms with Gasteiger partial charge in [-0.3, -0.25) is 4.79 Å². The summed E-state index contributed by atoms with van der Waals surface area (Å²) in [7, 11) is 0. The van der Waals surface area contributed by atoms with Gasteiger partial charge in [-0.05, 0) is 57.0 Å². The molecular weight excluding hydrogens is 321 g/mol. The number of aryl methyl sites for hydroxylation is 1. The molecule has 0 radical (unpaired) electrons. The standard InChI is InChI=1S/C19H22FN3O2/c1-13-10-16(14(2)23(13)12-18-4-3-9-25-18)11-21-22-19(24)15-5-7-17(20)8-6-15/h5-8,10-11,18H,3-4,9,12H2,1-2H3,(H,22,24)/b21-11-/t18-/m0/s1. The summed E-state index contributed by atoms with van der Waals surface area (Å²) in [5.74, 6) is -0.747. The highest BCUT2D eigenvalue weighted by atomic mass is 19.1. The monoisotopic (exact) mass is 343 g/mol. The van der Waals surface area contributed by atoms with E-state index < -0.39 is 0 Å². The SMILES string of the molecule is Cc1cc(/C=N\NC(=O)c2ccc(F)cc2)c(C)n1C[C@@H]1CCCO1. The highest BCUT2D eigenvalue weighted by molar-refractivity contribution is 5.94. The first kappa shape index (κ1) is 17.4. The van der Waals surface area contributed by atoms with Crippen LogP contribution in [-0.4, -0.2) is 29.4 Å². The van der Waals surface area contributed by atoms with Crippen LogP contribution in [0.4, 0.5) is 4.39 Å². The number of carbonyl (C=O) groups excluding carboxylic acids is 1. The van der Waals surface area contributed by atoms with Gasteiger partial charge < -0.3 is 9.30 Å². The van der Waals surface area contributed by atoms with Crippen LogP contribution in [0.5, 0.6) is 0 Å². The van der Waals surface area contributed by atoms with Crippen molar-refractivity contribution in [3.63, 3.8) is 0 Å². The summed E-state index contributed by atoms with van der Waals surface area (Å²) >= 11 is 0. The van der Waals surface area contributed by atoms with E-state index in [-0.39, 0.29) is 17.8 Å². The van der Waals surface area contributed by atoms with Crippen LogP contribution in [0, 0.1) is 19.7 Å². The molecule has 3 rings (SSSR count). The third-order valence-electron chi connectivity index (χ3n) is 4.50. The fourth-order valence-electron chi connectivity index (χ4n) is 3.06. The molecule has 0 aliphatic carbocycles. The number of benzene rings is 1. The van der Waals surface area contributed by atoms with Crippen molar-refractivity contribution in [1.29, 1.82) is 0 Å². The molecule has 1 aliphatic rings. The normalized spacial score (nSPS) is 17.3. The van der Waals surface area contributed by atoms with Crippen LogP contribution in [0.1, 0.15) is 40.2 Å². The van der Waals surface area contributed by atoms with Crippen LogP contribution in [0.2, 0.25) is 0 Å². The Hall–Kier alpha value is -2.47. The lowest BCUT2D eigenvalue weighted by Crippen LogP contribution is -2.18. The van der Waals surface area contributed by atoms with E-state index in [9.17, 15) is 9.18 Å². The summed E-state index contributed by atoms with van der Waals surface area (Å²) in [5.41, 5.74) is 6.02. The Balaban J connectivity index is 1.65. The molecular formula is C19H22FN3O2. The van der Waals surface area contributed by atoms with E-state index in [1.807, 2.05) is 13.0 Å². The number of hydrazone groups is 1. The van der Waals surface area contributed by atoms with Gasteiger partial charge in [0.25, 0.3) is 5.91 Å². The second-order valence-corrected chi connectivity index (χ2v) is 6.28. The molecule has 6 heteroatoms. The molecule has 1 aliphatic heterocycles. The van der Waals surface area contributed by atoms with Crippen molar-refractivity contribution < 1.29 is 13.9 Å². The molecule has 1 amide bonds. The van der Waals surface area contributed by atoms with Gasteiger partial charge in [-0.15, -0.1) is 0 Å². The Bertz CT molecular complexity index is 775. The molecule has 0 unspecified atom stereocenters. The largest absolute Gasteiger partial charge is 0.376 e. The molecule has 1 N–H and O–H groups in total. The van der Waals surface area contributed by atoms with E-state index in [4.69, 9.17) is 4.74 Å². The van der Waals surface area contributed by atoms with Crippen molar-refractivity contribution >= 4 is 12.1 Å². The topological polar surface area (TPSA) is 55.6 Å². The van der Waals surface area contributed by atoms with Crippen molar-refractivity contribution in [1.82, 2.24) is 9.99 Å². The Morgan fingerprint density at radius 1 is 1.40 bits per heavy atom. The zero-order valence-electron chi connectivity index (χ0n) is 14.5. The van der Waals surface area contributed by atoms with Crippen LogP contribution in [0.15, 0.2) is 35.4 Å². The predicted molar refractivity (Wildman–Crippen MR) is 94.3 cm³/mol. The molecule has 1 saturated heterocycles. The lowest BCUT2D eigenvalue weighted by Gasteiger charge is -2.14. The van der Waals surface area contributed by atoms with E-state index in [0.717, 1.165) is 42.9 Å². The summed E-state index contributed by atoms with van der Waals surface area (Å²) in [6.45, 7) is 5.77. The Morgan fingerprint density at radius 3 is 2.84 bits per heavy atom. The van der Waals surface area contributed by atoms with Crippen molar-refractivity contribution in [2.45, 2.75) is 39.3 Å². The first-order valence-corrected chi connectivity index (χ1v) is 8.42. The number of nitrogens with one attached hydrogen (secondary N) is 1. The summed E-state index contributed by atoms with van der Waals surface area (Å²) in [5, 5.41) is 4.02. The molecule has 1 aromatic carbocycles. The molecule has 2 aromatic rings. The van der Waals surface area contributed by atoms with Crippen LogP contribution < -0.4 is 5.43 Å². The van der Waals surface area contributed by atoms with Crippen molar-refractivity contribution in [2.24, 2.45) is 5.10 Å². The number of rotatable bonds is 5. The first-order chi connectivity index (χ1) is 12.0.